The van der Waals surface area contributed by atoms with Crippen LogP contribution in [-0.2, 0) is 9.53 Å². The molecular weight excluding hydrogens is 479 g/mol. The monoisotopic (exact) mass is 492 g/mol. The van der Waals surface area contributed by atoms with E-state index < -0.39 is 12.0 Å². The average molecular weight is 494 g/mol. The van der Waals surface area contributed by atoms with Gasteiger partial charge in [0.05, 0.1) is 39.0 Å². The van der Waals surface area contributed by atoms with Crippen LogP contribution in [0.25, 0.3) is 6.08 Å². The maximum Gasteiger partial charge on any atom is 0.338 e. The van der Waals surface area contributed by atoms with E-state index >= 15 is 0 Å². The van der Waals surface area contributed by atoms with Crippen LogP contribution in [0.15, 0.2) is 63.5 Å². The van der Waals surface area contributed by atoms with Crippen LogP contribution < -0.4 is 14.9 Å². The van der Waals surface area contributed by atoms with Crippen molar-refractivity contribution in [2.45, 2.75) is 13.0 Å². The summed E-state index contributed by atoms with van der Waals surface area (Å²) in [6.45, 7) is 1.73. The molecule has 0 saturated carbocycles. The minimum absolute atomic E-state index is 0.274. The van der Waals surface area contributed by atoms with Crippen LogP contribution >= 0.6 is 46.1 Å². The largest absolute Gasteiger partial charge is 0.466 e. The Bertz CT molecular complexity index is 1410. The summed E-state index contributed by atoms with van der Waals surface area (Å²) in [4.78, 5) is 31.0. The van der Waals surface area contributed by atoms with Crippen molar-refractivity contribution in [1.82, 2.24) is 4.57 Å². The maximum atomic E-state index is 13.4. The molecule has 0 fully saturated rings. The first-order chi connectivity index (χ1) is 14.8. The average Bonchev–Trinajstić information content (AvgIpc) is 3.04. The highest BCUT2D eigenvalue weighted by Gasteiger charge is 2.33. The molecule has 158 valence electrons. The molecule has 2 aromatic carbocycles. The molecule has 0 saturated heterocycles. The Balaban J connectivity index is 1.97. The summed E-state index contributed by atoms with van der Waals surface area (Å²) in [6.07, 6.45) is 1.72. The molecule has 4 rings (SSSR count). The second-order valence-electron chi connectivity index (χ2n) is 6.80. The second-order valence-corrected chi connectivity index (χ2v) is 9.06. The van der Waals surface area contributed by atoms with Crippen molar-refractivity contribution < 1.29 is 9.53 Å². The number of allylic oxidation sites excluding steroid dienone is 1. The SMILES string of the molecule is COC(=O)C1=C(C)N=c2s/c(=C\c3ccc(Cl)c(Cl)c3)c(=O)n2C1c1ccc(Cl)cc1. The van der Waals surface area contributed by atoms with Crippen molar-refractivity contribution >= 4 is 58.2 Å². The number of ether oxygens (including phenoxy) is 1. The molecule has 0 radical (unpaired) electrons. The van der Waals surface area contributed by atoms with Gasteiger partial charge in [-0.15, -0.1) is 0 Å². The van der Waals surface area contributed by atoms with Gasteiger partial charge in [-0.2, -0.15) is 0 Å². The van der Waals surface area contributed by atoms with Crippen molar-refractivity contribution in [2.75, 3.05) is 7.11 Å². The van der Waals surface area contributed by atoms with Gasteiger partial charge in [0.2, 0.25) is 0 Å². The van der Waals surface area contributed by atoms with Crippen molar-refractivity contribution in [3.63, 3.8) is 0 Å². The predicted molar refractivity (Wildman–Crippen MR) is 124 cm³/mol. The molecule has 2 heterocycles. The summed E-state index contributed by atoms with van der Waals surface area (Å²) >= 11 is 19.4. The fourth-order valence-electron chi connectivity index (χ4n) is 3.41. The molecule has 1 unspecified atom stereocenters. The van der Waals surface area contributed by atoms with E-state index in [0.717, 1.165) is 11.1 Å². The number of aromatic nitrogens is 1. The Morgan fingerprint density at radius 3 is 2.48 bits per heavy atom. The Morgan fingerprint density at radius 2 is 1.84 bits per heavy atom. The van der Waals surface area contributed by atoms with E-state index in [1.807, 2.05) is 0 Å². The number of hydrogen-bond donors (Lipinski definition) is 0. The van der Waals surface area contributed by atoms with Gasteiger partial charge in [-0.25, -0.2) is 9.79 Å². The highest BCUT2D eigenvalue weighted by atomic mass is 35.5. The Hall–Kier alpha value is -2.38. The molecule has 1 aliphatic rings. The third-order valence-corrected chi connectivity index (χ3v) is 6.83. The Morgan fingerprint density at radius 1 is 1.13 bits per heavy atom. The first-order valence-electron chi connectivity index (χ1n) is 9.11. The Kier molecular flexibility index (Phi) is 6.08. The molecule has 0 amide bonds. The number of hydrogen-bond acceptors (Lipinski definition) is 5. The normalized spacial score (nSPS) is 16.2. The zero-order valence-corrected chi connectivity index (χ0v) is 19.4. The van der Waals surface area contributed by atoms with Crippen LogP contribution in [0.4, 0.5) is 0 Å². The lowest BCUT2D eigenvalue weighted by molar-refractivity contribution is -0.136. The number of carbonyl (C=O) groups excluding carboxylic acids is 1. The fourth-order valence-corrected chi connectivity index (χ4v) is 4.89. The van der Waals surface area contributed by atoms with Crippen molar-refractivity contribution in [1.29, 1.82) is 0 Å². The van der Waals surface area contributed by atoms with Crippen LogP contribution in [0.5, 0.6) is 0 Å². The van der Waals surface area contributed by atoms with Crippen molar-refractivity contribution in [3.8, 4) is 0 Å². The standard InChI is InChI=1S/C22H15Cl3N2O3S/c1-11-18(21(29)30-2)19(13-4-6-14(23)7-5-13)27-20(28)17(31-22(27)26-11)10-12-3-8-15(24)16(25)9-12/h3-10,19H,1-2H3/b17-10-. The quantitative estimate of drug-likeness (QED) is 0.509. The lowest BCUT2D eigenvalue weighted by atomic mass is 9.96. The van der Waals surface area contributed by atoms with Gasteiger partial charge in [0, 0.05) is 5.02 Å². The molecule has 1 aliphatic heterocycles. The van der Waals surface area contributed by atoms with Crippen LogP contribution in [0.1, 0.15) is 24.1 Å². The number of methoxy groups -OCH3 is 1. The fraction of sp³-hybridized carbons (Fsp3) is 0.136. The number of rotatable bonds is 3. The van der Waals surface area contributed by atoms with Gasteiger partial charge in [-0.1, -0.05) is 64.3 Å². The van der Waals surface area contributed by atoms with E-state index in [0.29, 0.717) is 35.7 Å². The van der Waals surface area contributed by atoms with E-state index in [2.05, 4.69) is 4.99 Å². The molecule has 9 heteroatoms. The summed E-state index contributed by atoms with van der Waals surface area (Å²) in [5.41, 5.74) is 1.98. The minimum Gasteiger partial charge on any atom is -0.466 e. The van der Waals surface area contributed by atoms with Gasteiger partial charge in [0.1, 0.15) is 0 Å². The molecular formula is C22H15Cl3N2O3S. The smallest absolute Gasteiger partial charge is 0.338 e. The number of halogens is 3. The first-order valence-corrected chi connectivity index (χ1v) is 11.1. The number of nitrogens with zero attached hydrogens (tertiary/aromatic N) is 2. The maximum absolute atomic E-state index is 13.4. The van der Waals surface area contributed by atoms with Crippen LogP contribution in [0, 0.1) is 0 Å². The van der Waals surface area contributed by atoms with E-state index in [1.165, 1.54) is 23.0 Å². The summed E-state index contributed by atoms with van der Waals surface area (Å²) in [7, 11) is 1.30. The first kappa shape index (κ1) is 21.8. The lowest BCUT2D eigenvalue weighted by Crippen LogP contribution is -2.39. The van der Waals surface area contributed by atoms with Gasteiger partial charge in [0.25, 0.3) is 5.56 Å². The van der Waals surface area contributed by atoms with Gasteiger partial charge in [0.15, 0.2) is 4.80 Å². The van der Waals surface area contributed by atoms with Gasteiger partial charge < -0.3 is 4.74 Å². The van der Waals surface area contributed by atoms with Crippen LogP contribution in [0.3, 0.4) is 0 Å². The van der Waals surface area contributed by atoms with Gasteiger partial charge in [-0.05, 0) is 48.4 Å². The third-order valence-electron chi connectivity index (χ3n) is 4.85. The molecule has 0 aliphatic carbocycles. The highest BCUT2D eigenvalue weighted by Crippen LogP contribution is 2.31. The summed E-state index contributed by atoms with van der Waals surface area (Å²) in [5, 5.41) is 1.38. The molecule has 0 bridgehead atoms. The Labute approximate surface area is 196 Å². The van der Waals surface area contributed by atoms with Crippen LogP contribution in [0.2, 0.25) is 15.1 Å². The third kappa shape index (κ3) is 4.08. The van der Waals surface area contributed by atoms with E-state index in [4.69, 9.17) is 39.5 Å². The number of esters is 1. The van der Waals surface area contributed by atoms with E-state index in [1.54, 1.807) is 55.5 Å². The number of thiazole rings is 1. The molecule has 0 N–H and O–H groups in total. The second kappa shape index (κ2) is 8.63. The van der Waals surface area contributed by atoms with Crippen LogP contribution in [-0.4, -0.2) is 17.6 Å². The van der Waals surface area contributed by atoms with E-state index in [-0.39, 0.29) is 5.56 Å². The molecule has 1 atom stereocenters. The van der Waals surface area contributed by atoms with Crippen molar-refractivity contribution in [2.24, 2.45) is 4.99 Å². The topological polar surface area (TPSA) is 60.7 Å². The number of fused-ring (bicyclic) bond motifs is 1. The number of benzene rings is 2. The molecule has 3 aromatic rings. The highest BCUT2D eigenvalue weighted by molar-refractivity contribution is 7.07. The molecule has 0 spiro atoms. The van der Waals surface area contributed by atoms with E-state index in [9.17, 15) is 9.59 Å². The zero-order valence-electron chi connectivity index (χ0n) is 16.4. The molecule has 5 nitrogen and oxygen atoms in total. The zero-order chi connectivity index (χ0) is 22.3. The molecule has 31 heavy (non-hydrogen) atoms. The summed E-state index contributed by atoms with van der Waals surface area (Å²) in [5.74, 6) is -0.542. The molecule has 1 aromatic heterocycles. The summed E-state index contributed by atoms with van der Waals surface area (Å²) < 4.78 is 6.95. The lowest BCUT2D eigenvalue weighted by Gasteiger charge is -2.24. The minimum atomic E-state index is -0.683. The summed E-state index contributed by atoms with van der Waals surface area (Å²) in [6, 6.07) is 11.4. The number of carbonyl (C=O) groups is 1. The predicted octanol–water partition coefficient (Wildman–Crippen LogP) is 4.37. The van der Waals surface area contributed by atoms with Gasteiger partial charge in [-0.3, -0.25) is 9.36 Å². The van der Waals surface area contributed by atoms with Crippen molar-refractivity contribution in [3.05, 3.63) is 99.6 Å². The van der Waals surface area contributed by atoms with Gasteiger partial charge >= 0.3 is 5.97 Å².